The first kappa shape index (κ1) is 13.9. The minimum atomic E-state index is -0.0664. The summed E-state index contributed by atoms with van der Waals surface area (Å²) in [6, 6.07) is 5.30. The Morgan fingerprint density at radius 1 is 1.42 bits per heavy atom. The Labute approximate surface area is 114 Å². The molecule has 1 aromatic rings. The number of phenols is 1. The summed E-state index contributed by atoms with van der Waals surface area (Å²) in [5.74, 6) is 0.302. The zero-order chi connectivity index (χ0) is 13.8. The smallest absolute Gasteiger partial charge is 0.224 e. The van der Waals surface area contributed by atoms with E-state index < -0.39 is 0 Å². The fraction of sp³-hybridized carbons (Fsp3) is 0.533. The molecule has 0 radical (unpaired) electrons. The van der Waals surface area contributed by atoms with E-state index in [1.807, 2.05) is 13.0 Å². The number of amides is 1. The second-order valence-corrected chi connectivity index (χ2v) is 5.48. The number of carbonyl (C=O) groups is 1. The summed E-state index contributed by atoms with van der Waals surface area (Å²) in [5, 5.41) is 12.5. The second-order valence-electron chi connectivity index (χ2n) is 5.48. The van der Waals surface area contributed by atoms with Crippen molar-refractivity contribution in [3.63, 3.8) is 0 Å². The molecule has 4 nitrogen and oxygen atoms in total. The zero-order valence-electron chi connectivity index (χ0n) is 11.4. The van der Waals surface area contributed by atoms with E-state index in [0.717, 1.165) is 31.2 Å². The molecule has 1 saturated carbocycles. The van der Waals surface area contributed by atoms with Gasteiger partial charge in [-0.2, -0.15) is 0 Å². The lowest BCUT2D eigenvalue weighted by molar-refractivity contribution is -0.117. The molecule has 2 rings (SSSR count). The molecule has 2 atom stereocenters. The van der Waals surface area contributed by atoms with E-state index in [9.17, 15) is 9.90 Å². The van der Waals surface area contributed by atoms with Crippen molar-refractivity contribution in [2.24, 2.45) is 11.7 Å². The van der Waals surface area contributed by atoms with Crippen LogP contribution in [0, 0.1) is 12.8 Å². The largest absolute Gasteiger partial charge is 0.506 e. The van der Waals surface area contributed by atoms with Gasteiger partial charge in [-0.05, 0) is 43.4 Å². The monoisotopic (exact) mass is 262 g/mol. The molecule has 4 heteroatoms. The van der Waals surface area contributed by atoms with Gasteiger partial charge in [-0.15, -0.1) is 0 Å². The number of aryl methyl sites for hydroxylation is 1. The van der Waals surface area contributed by atoms with Gasteiger partial charge in [0, 0.05) is 12.5 Å². The third-order valence-corrected chi connectivity index (χ3v) is 3.84. The standard InChI is InChI=1S/C15H22N2O2/c1-10-6-7-14(18)13(8-10)17-15(19)9-11-4-2-3-5-12(11)16/h6-8,11-12,18H,2-5,9,16H2,1H3,(H,17,19). The first-order valence-corrected chi connectivity index (χ1v) is 6.91. The molecule has 1 aliphatic rings. The van der Waals surface area contributed by atoms with Gasteiger partial charge in [-0.25, -0.2) is 0 Å². The Kier molecular flexibility index (Phi) is 4.43. The quantitative estimate of drug-likeness (QED) is 0.733. The van der Waals surface area contributed by atoms with Crippen molar-refractivity contribution < 1.29 is 9.90 Å². The Bertz CT molecular complexity index is 459. The lowest BCUT2D eigenvalue weighted by atomic mass is 9.83. The molecule has 104 valence electrons. The molecule has 2 unspecified atom stereocenters. The number of carbonyl (C=O) groups excluding carboxylic acids is 1. The van der Waals surface area contributed by atoms with Crippen LogP contribution in [0.1, 0.15) is 37.7 Å². The molecule has 0 aromatic heterocycles. The number of rotatable bonds is 3. The van der Waals surface area contributed by atoms with Crippen molar-refractivity contribution in [2.75, 3.05) is 5.32 Å². The summed E-state index contributed by atoms with van der Waals surface area (Å²) >= 11 is 0. The van der Waals surface area contributed by atoms with Gasteiger partial charge >= 0.3 is 0 Å². The van der Waals surface area contributed by atoms with Crippen molar-refractivity contribution in [1.29, 1.82) is 0 Å². The SMILES string of the molecule is Cc1ccc(O)c(NC(=O)CC2CCCCC2N)c1. The molecule has 0 saturated heterocycles. The van der Waals surface area contributed by atoms with Gasteiger partial charge in [0.15, 0.2) is 0 Å². The van der Waals surface area contributed by atoms with E-state index in [1.54, 1.807) is 12.1 Å². The molecule has 0 heterocycles. The number of phenolic OH excluding ortho intramolecular Hbond substituents is 1. The maximum Gasteiger partial charge on any atom is 0.224 e. The molecule has 0 spiro atoms. The lowest BCUT2D eigenvalue weighted by Gasteiger charge is -2.28. The van der Waals surface area contributed by atoms with Crippen LogP contribution < -0.4 is 11.1 Å². The maximum absolute atomic E-state index is 12.0. The van der Waals surface area contributed by atoms with Crippen molar-refractivity contribution in [1.82, 2.24) is 0 Å². The normalized spacial score (nSPS) is 23.1. The van der Waals surface area contributed by atoms with Crippen LogP contribution in [-0.4, -0.2) is 17.1 Å². The maximum atomic E-state index is 12.0. The van der Waals surface area contributed by atoms with Crippen molar-refractivity contribution >= 4 is 11.6 Å². The van der Waals surface area contributed by atoms with E-state index in [-0.39, 0.29) is 23.6 Å². The van der Waals surface area contributed by atoms with Gasteiger partial charge in [-0.1, -0.05) is 18.9 Å². The van der Waals surface area contributed by atoms with E-state index in [0.29, 0.717) is 12.1 Å². The predicted molar refractivity (Wildman–Crippen MR) is 76.0 cm³/mol. The third kappa shape index (κ3) is 3.70. The Morgan fingerprint density at radius 2 is 2.16 bits per heavy atom. The second kappa shape index (κ2) is 6.06. The van der Waals surface area contributed by atoms with Crippen molar-refractivity contribution in [3.05, 3.63) is 23.8 Å². The van der Waals surface area contributed by atoms with Crippen LogP contribution in [-0.2, 0) is 4.79 Å². The molecule has 1 aliphatic carbocycles. The summed E-state index contributed by atoms with van der Waals surface area (Å²) < 4.78 is 0. The van der Waals surface area contributed by atoms with Crippen LogP contribution in [0.15, 0.2) is 18.2 Å². The third-order valence-electron chi connectivity index (χ3n) is 3.84. The number of hydrogen-bond donors (Lipinski definition) is 3. The zero-order valence-corrected chi connectivity index (χ0v) is 11.4. The summed E-state index contributed by atoms with van der Waals surface area (Å²) in [7, 11) is 0. The minimum Gasteiger partial charge on any atom is -0.506 e. The molecular formula is C15H22N2O2. The number of benzene rings is 1. The molecule has 1 amide bonds. The molecule has 4 N–H and O–H groups in total. The Balaban J connectivity index is 1.95. The van der Waals surface area contributed by atoms with E-state index in [4.69, 9.17) is 5.73 Å². The number of nitrogens with one attached hydrogen (secondary N) is 1. The Morgan fingerprint density at radius 3 is 2.89 bits per heavy atom. The first-order valence-electron chi connectivity index (χ1n) is 6.91. The van der Waals surface area contributed by atoms with Crippen LogP contribution in [0.3, 0.4) is 0 Å². The average molecular weight is 262 g/mol. The molecule has 1 fully saturated rings. The summed E-state index contributed by atoms with van der Waals surface area (Å²) in [4.78, 5) is 12.0. The molecular weight excluding hydrogens is 240 g/mol. The van der Waals surface area contributed by atoms with Gasteiger partial charge < -0.3 is 16.2 Å². The summed E-state index contributed by atoms with van der Waals surface area (Å²) in [5.41, 5.74) is 7.53. The lowest BCUT2D eigenvalue weighted by Crippen LogP contribution is -2.35. The van der Waals surface area contributed by atoms with Gasteiger partial charge in [0.1, 0.15) is 5.75 Å². The van der Waals surface area contributed by atoms with Crippen LogP contribution in [0.25, 0.3) is 0 Å². The predicted octanol–water partition coefficient (Wildman–Crippen LogP) is 2.55. The summed E-state index contributed by atoms with van der Waals surface area (Å²) in [6.45, 7) is 1.92. The molecule has 19 heavy (non-hydrogen) atoms. The number of nitrogens with two attached hydrogens (primary N) is 1. The highest BCUT2D eigenvalue weighted by Gasteiger charge is 2.24. The molecule has 0 aliphatic heterocycles. The molecule has 0 bridgehead atoms. The molecule has 1 aromatic carbocycles. The minimum absolute atomic E-state index is 0.0664. The highest BCUT2D eigenvalue weighted by atomic mass is 16.3. The van der Waals surface area contributed by atoms with Gasteiger partial charge in [0.2, 0.25) is 5.91 Å². The van der Waals surface area contributed by atoms with Crippen LogP contribution >= 0.6 is 0 Å². The van der Waals surface area contributed by atoms with E-state index in [2.05, 4.69) is 5.32 Å². The van der Waals surface area contributed by atoms with Crippen LogP contribution in [0.2, 0.25) is 0 Å². The fourth-order valence-corrected chi connectivity index (χ4v) is 2.68. The van der Waals surface area contributed by atoms with Gasteiger partial charge in [-0.3, -0.25) is 4.79 Å². The van der Waals surface area contributed by atoms with Gasteiger partial charge in [0.25, 0.3) is 0 Å². The van der Waals surface area contributed by atoms with Crippen LogP contribution in [0.5, 0.6) is 5.75 Å². The highest BCUT2D eigenvalue weighted by molar-refractivity contribution is 5.92. The number of aromatic hydroxyl groups is 1. The average Bonchev–Trinajstić information content (AvgIpc) is 2.37. The van der Waals surface area contributed by atoms with Crippen LogP contribution in [0.4, 0.5) is 5.69 Å². The summed E-state index contributed by atoms with van der Waals surface area (Å²) in [6.07, 6.45) is 4.79. The first-order chi connectivity index (χ1) is 9.06. The van der Waals surface area contributed by atoms with E-state index in [1.165, 1.54) is 0 Å². The van der Waals surface area contributed by atoms with Crippen molar-refractivity contribution in [3.8, 4) is 5.75 Å². The topological polar surface area (TPSA) is 75.3 Å². The van der Waals surface area contributed by atoms with Gasteiger partial charge in [0.05, 0.1) is 5.69 Å². The fourth-order valence-electron chi connectivity index (χ4n) is 2.68. The van der Waals surface area contributed by atoms with E-state index >= 15 is 0 Å². The Hall–Kier alpha value is -1.55. The number of hydrogen-bond acceptors (Lipinski definition) is 3. The number of anilines is 1. The van der Waals surface area contributed by atoms with Crippen molar-refractivity contribution in [2.45, 2.75) is 45.1 Å². The highest BCUT2D eigenvalue weighted by Crippen LogP contribution is 2.28.